The molecule has 132 valence electrons. The molecule has 0 fully saturated rings. The Hall–Kier alpha value is -3.22. The highest BCUT2D eigenvalue weighted by molar-refractivity contribution is 6.03. The van der Waals surface area contributed by atoms with E-state index in [1.807, 2.05) is 0 Å². The molecular weight excluding hydrogens is 348 g/mol. The van der Waals surface area contributed by atoms with E-state index in [4.69, 9.17) is 0 Å². The zero-order valence-electron chi connectivity index (χ0n) is 13.2. The van der Waals surface area contributed by atoms with E-state index < -0.39 is 23.5 Å². The van der Waals surface area contributed by atoms with Gasteiger partial charge in [-0.1, -0.05) is 18.2 Å². The zero-order chi connectivity index (χ0) is 18.7. The Morgan fingerprint density at radius 2 is 1.62 bits per heavy atom. The maximum absolute atomic E-state index is 12.9. The van der Waals surface area contributed by atoms with Gasteiger partial charge < -0.3 is 5.32 Å². The summed E-state index contributed by atoms with van der Waals surface area (Å²) in [7, 11) is 0. The highest BCUT2D eigenvalue weighted by Crippen LogP contribution is 2.31. The Labute approximate surface area is 146 Å². The lowest BCUT2D eigenvalue weighted by atomic mass is 10.1. The van der Waals surface area contributed by atoms with Crippen molar-refractivity contribution in [1.29, 1.82) is 0 Å². The van der Waals surface area contributed by atoms with Crippen molar-refractivity contribution in [3.05, 3.63) is 83.8 Å². The fourth-order valence-electron chi connectivity index (χ4n) is 2.31. The average Bonchev–Trinajstić information content (AvgIpc) is 2.63. The molecule has 3 nitrogen and oxygen atoms in total. The molecule has 0 aliphatic heterocycles. The summed E-state index contributed by atoms with van der Waals surface area (Å²) in [5.74, 6) is -0.988. The molecule has 0 aliphatic carbocycles. The number of halogens is 4. The number of aromatic nitrogens is 1. The molecule has 2 aromatic carbocycles. The van der Waals surface area contributed by atoms with Gasteiger partial charge in [-0.25, -0.2) is 9.37 Å². The predicted octanol–water partition coefficient (Wildman–Crippen LogP) is 5.16. The van der Waals surface area contributed by atoms with Gasteiger partial charge in [-0.15, -0.1) is 0 Å². The number of rotatable bonds is 3. The smallest absolute Gasteiger partial charge is 0.321 e. The predicted molar refractivity (Wildman–Crippen MR) is 89.0 cm³/mol. The molecule has 3 rings (SSSR count). The molecule has 1 heterocycles. The second-order valence-corrected chi connectivity index (χ2v) is 5.45. The van der Waals surface area contributed by atoms with Crippen LogP contribution in [0.5, 0.6) is 0 Å². The summed E-state index contributed by atoms with van der Waals surface area (Å²) >= 11 is 0. The minimum Gasteiger partial charge on any atom is -0.321 e. The summed E-state index contributed by atoms with van der Waals surface area (Å²) in [6.45, 7) is 0. The molecule has 7 heteroatoms. The molecule has 1 N–H and O–H groups in total. The Bertz CT molecular complexity index is 937. The van der Waals surface area contributed by atoms with Gasteiger partial charge in [0.1, 0.15) is 11.5 Å². The van der Waals surface area contributed by atoms with E-state index in [9.17, 15) is 22.4 Å². The number of alkyl halides is 3. The lowest BCUT2D eigenvalue weighted by molar-refractivity contribution is -0.137. The summed E-state index contributed by atoms with van der Waals surface area (Å²) in [5.41, 5.74) is 0.101. The van der Waals surface area contributed by atoms with Crippen molar-refractivity contribution in [3.8, 4) is 11.3 Å². The average molecular weight is 360 g/mol. The van der Waals surface area contributed by atoms with Crippen molar-refractivity contribution in [2.24, 2.45) is 0 Å². The molecule has 0 spiro atoms. The standard InChI is InChI=1S/C19H12F4N2O/c20-14-7-9-15(10-8-14)24-18(26)17-6-2-5-16(25-17)12-3-1-4-13(11-12)19(21,22)23/h1-11H,(H,24,26). The fourth-order valence-corrected chi connectivity index (χ4v) is 2.31. The van der Waals surface area contributed by atoms with Crippen LogP contribution in [-0.2, 0) is 6.18 Å². The Morgan fingerprint density at radius 1 is 0.923 bits per heavy atom. The molecule has 0 bridgehead atoms. The number of anilines is 1. The van der Waals surface area contributed by atoms with Gasteiger partial charge >= 0.3 is 6.18 Å². The third-order valence-electron chi connectivity index (χ3n) is 3.57. The topological polar surface area (TPSA) is 42.0 Å². The first-order valence-corrected chi connectivity index (χ1v) is 7.54. The van der Waals surface area contributed by atoms with Crippen LogP contribution in [0, 0.1) is 5.82 Å². The first kappa shape index (κ1) is 17.6. The van der Waals surface area contributed by atoms with Crippen molar-refractivity contribution in [1.82, 2.24) is 4.98 Å². The van der Waals surface area contributed by atoms with Crippen molar-refractivity contribution >= 4 is 11.6 Å². The molecule has 0 atom stereocenters. The molecule has 0 saturated carbocycles. The Balaban J connectivity index is 1.86. The van der Waals surface area contributed by atoms with Crippen molar-refractivity contribution < 1.29 is 22.4 Å². The van der Waals surface area contributed by atoms with E-state index in [0.29, 0.717) is 5.69 Å². The van der Waals surface area contributed by atoms with Crippen molar-refractivity contribution in [3.63, 3.8) is 0 Å². The van der Waals surface area contributed by atoms with Crippen molar-refractivity contribution in [2.45, 2.75) is 6.18 Å². The van der Waals surface area contributed by atoms with Crippen LogP contribution in [0.4, 0.5) is 23.2 Å². The third kappa shape index (κ3) is 4.05. The first-order valence-electron chi connectivity index (χ1n) is 7.54. The highest BCUT2D eigenvalue weighted by atomic mass is 19.4. The van der Waals surface area contributed by atoms with E-state index in [0.717, 1.165) is 12.1 Å². The van der Waals surface area contributed by atoms with E-state index >= 15 is 0 Å². The number of carbonyl (C=O) groups excluding carboxylic acids is 1. The summed E-state index contributed by atoms with van der Waals surface area (Å²) < 4.78 is 51.5. The number of hydrogen-bond donors (Lipinski definition) is 1. The highest BCUT2D eigenvalue weighted by Gasteiger charge is 2.30. The van der Waals surface area contributed by atoms with Crippen LogP contribution in [0.25, 0.3) is 11.3 Å². The van der Waals surface area contributed by atoms with Crippen LogP contribution in [0.2, 0.25) is 0 Å². The second-order valence-electron chi connectivity index (χ2n) is 5.45. The largest absolute Gasteiger partial charge is 0.416 e. The third-order valence-corrected chi connectivity index (χ3v) is 3.57. The lowest BCUT2D eigenvalue weighted by Crippen LogP contribution is -2.14. The summed E-state index contributed by atoms with van der Waals surface area (Å²) in [6.07, 6.45) is -4.46. The quantitative estimate of drug-likeness (QED) is 0.656. The van der Waals surface area contributed by atoms with Crippen LogP contribution in [0.1, 0.15) is 16.1 Å². The molecule has 1 aromatic heterocycles. The maximum atomic E-state index is 12.9. The van der Waals surface area contributed by atoms with Gasteiger partial charge in [0.2, 0.25) is 0 Å². The zero-order valence-corrected chi connectivity index (χ0v) is 13.2. The first-order chi connectivity index (χ1) is 12.3. The van der Waals surface area contributed by atoms with Gasteiger partial charge in [-0.2, -0.15) is 13.2 Å². The lowest BCUT2D eigenvalue weighted by Gasteiger charge is -2.09. The van der Waals surface area contributed by atoms with Gasteiger partial charge in [0.15, 0.2) is 0 Å². The van der Waals surface area contributed by atoms with Crippen LogP contribution < -0.4 is 5.32 Å². The number of pyridine rings is 1. The molecule has 26 heavy (non-hydrogen) atoms. The van der Waals surface area contributed by atoms with E-state index in [2.05, 4.69) is 10.3 Å². The molecule has 1 amide bonds. The number of benzene rings is 2. The van der Waals surface area contributed by atoms with Gasteiger partial charge in [0, 0.05) is 11.3 Å². The molecule has 0 saturated heterocycles. The summed E-state index contributed by atoms with van der Waals surface area (Å²) in [6, 6.07) is 14.4. The Kier molecular flexibility index (Phi) is 4.71. The number of hydrogen-bond acceptors (Lipinski definition) is 2. The van der Waals surface area contributed by atoms with Gasteiger partial charge in [-0.05, 0) is 48.5 Å². The maximum Gasteiger partial charge on any atom is 0.416 e. The van der Waals surface area contributed by atoms with Crippen LogP contribution in [0.15, 0.2) is 66.7 Å². The molecule has 3 aromatic rings. The minimum atomic E-state index is -4.46. The number of carbonyl (C=O) groups is 1. The van der Waals surface area contributed by atoms with E-state index in [-0.39, 0.29) is 17.0 Å². The number of nitrogens with zero attached hydrogens (tertiary/aromatic N) is 1. The van der Waals surface area contributed by atoms with Gasteiger partial charge in [-0.3, -0.25) is 4.79 Å². The molecule has 0 radical (unpaired) electrons. The monoisotopic (exact) mass is 360 g/mol. The van der Waals surface area contributed by atoms with Crippen LogP contribution >= 0.6 is 0 Å². The second kappa shape index (κ2) is 6.95. The van der Waals surface area contributed by atoms with Crippen molar-refractivity contribution in [2.75, 3.05) is 5.32 Å². The molecule has 0 unspecified atom stereocenters. The summed E-state index contributed by atoms with van der Waals surface area (Å²) in [4.78, 5) is 16.4. The molecule has 0 aliphatic rings. The van der Waals surface area contributed by atoms with Crippen LogP contribution in [0.3, 0.4) is 0 Å². The summed E-state index contributed by atoms with van der Waals surface area (Å²) in [5, 5.41) is 2.55. The van der Waals surface area contributed by atoms with Gasteiger partial charge in [0.05, 0.1) is 11.3 Å². The molecular formula is C19H12F4N2O. The normalized spacial score (nSPS) is 11.2. The minimum absolute atomic E-state index is 0.0317. The SMILES string of the molecule is O=C(Nc1ccc(F)cc1)c1cccc(-c2cccc(C(F)(F)F)c2)n1. The number of amides is 1. The number of nitrogens with one attached hydrogen (secondary N) is 1. The van der Waals surface area contributed by atoms with E-state index in [1.54, 1.807) is 0 Å². The van der Waals surface area contributed by atoms with Crippen LogP contribution in [-0.4, -0.2) is 10.9 Å². The van der Waals surface area contributed by atoms with E-state index in [1.165, 1.54) is 54.6 Å². The Morgan fingerprint density at radius 3 is 2.31 bits per heavy atom. The fraction of sp³-hybridized carbons (Fsp3) is 0.0526. The van der Waals surface area contributed by atoms with Gasteiger partial charge in [0.25, 0.3) is 5.91 Å².